The minimum atomic E-state index is -0.411. The number of ether oxygens (including phenoxy) is 1. The van der Waals surface area contributed by atoms with Gasteiger partial charge in [0.15, 0.2) is 0 Å². The van der Waals surface area contributed by atoms with Crippen LogP contribution in [0.4, 0.5) is 17.5 Å². The highest BCUT2D eigenvalue weighted by Gasteiger charge is 2.11. The molecule has 1 aromatic carbocycles. The molecule has 0 spiro atoms. The molecule has 110 valence electrons. The Morgan fingerprint density at radius 1 is 1.29 bits per heavy atom. The first-order valence-corrected chi connectivity index (χ1v) is 7.01. The zero-order valence-corrected chi connectivity index (χ0v) is 13.5. The van der Waals surface area contributed by atoms with E-state index in [-0.39, 0.29) is 0 Å². The van der Waals surface area contributed by atoms with Gasteiger partial charge in [0.05, 0.1) is 12.7 Å². The molecular formula is C14H15BrN4O2. The lowest BCUT2D eigenvalue weighted by Crippen LogP contribution is -2.05. The van der Waals surface area contributed by atoms with Gasteiger partial charge < -0.3 is 15.4 Å². The van der Waals surface area contributed by atoms with Crippen molar-refractivity contribution in [2.75, 3.05) is 24.8 Å². The third-order valence-corrected chi connectivity index (χ3v) is 3.43. The summed E-state index contributed by atoms with van der Waals surface area (Å²) >= 11 is 3.32. The number of rotatable bonds is 4. The molecule has 0 radical (unpaired) electrons. The molecule has 6 nitrogen and oxygen atoms in total. The second-order valence-corrected chi connectivity index (χ2v) is 5.13. The van der Waals surface area contributed by atoms with E-state index in [9.17, 15) is 4.79 Å². The largest absolute Gasteiger partial charge is 0.465 e. The van der Waals surface area contributed by atoms with Crippen LogP contribution in [0.5, 0.6) is 0 Å². The number of aryl methyl sites for hydroxylation is 1. The first kappa shape index (κ1) is 15.2. The monoisotopic (exact) mass is 350 g/mol. The van der Waals surface area contributed by atoms with Crippen molar-refractivity contribution in [2.24, 2.45) is 0 Å². The Balaban J connectivity index is 2.31. The summed E-state index contributed by atoms with van der Waals surface area (Å²) < 4.78 is 5.41. The summed E-state index contributed by atoms with van der Waals surface area (Å²) in [5, 5.41) is 6.04. The predicted molar refractivity (Wildman–Crippen MR) is 85.1 cm³/mol. The molecule has 0 aliphatic heterocycles. The van der Waals surface area contributed by atoms with Crippen molar-refractivity contribution in [1.29, 1.82) is 0 Å². The Kier molecular flexibility index (Phi) is 4.74. The standard InChI is InChI=1S/C14H15BrN4O2/c1-8-6-12(16-2)19-14(17-8)18-9-4-5-11(15)10(7-9)13(20)21-3/h4-7H,1-3H3,(H2,16,17,18,19). The molecular weight excluding hydrogens is 336 g/mol. The van der Waals surface area contributed by atoms with Crippen LogP contribution in [-0.4, -0.2) is 30.1 Å². The Hall–Kier alpha value is -2.15. The zero-order valence-electron chi connectivity index (χ0n) is 11.9. The number of esters is 1. The van der Waals surface area contributed by atoms with Gasteiger partial charge in [-0.1, -0.05) is 0 Å². The SMILES string of the molecule is CNc1cc(C)nc(Nc2ccc(Br)c(C(=O)OC)c2)n1. The molecule has 1 aromatic heterocycles. The van der Waals surface area contributed by atoms with E-state index in [0.29, 0.717) is 21.7 Å². The van der Waals surface area contributed by atoms with E-state index >= 15 is 0 Å². The number of carbonyl (C=O) groups is 1. The number of aromatic nitrogens is 2. The summed E-state index contributed by atoms with van der Waals surface area (Å²) in [6, 6.07) is 7.11. The average molecular weight is 351 g/mol. The highest BCUT2D eigenvalue weighted by molar-refractivity contribution is 9.10. The Labute approximate surface area is 131 Å². The number of halogens is 1. The fourth-order valence-corrected chi connectivity index (χ4v) is 2.16. The van der Waals surface area contributed by atoms with E-state index in [4.69, 9.17) is 4.74 Å². The summed E-state index contributed by atoms with van der Waals surface area (Å²) in [6.07, 6.45) is 0. The number of nitrogens with zero attached hydrogens (tertiary/aromatic N) is 2. The summed E-state index contributed by atoms with van der Waals surface area (Å²) in [5.74, 6) is 0.763. The molecule has 2 N–H and O–H groups in total. The van der Waals surface area contributed by atoms with E-state index in [1.54, 1.807) is 19.2 Å². The van der Waals surface area contributed by atoms with Crippen LogP contribution in [0, 0.1) is 6.92 Å². The smallest absolute Gasteiger partial charge is 0.339 e. The van der Waals surface area contributed by atoms with E-state index in [2.05, 4.69) is 36.5 Å². The van der Waals surface area contributed by atoms with E-state index in [0.717, 1.165) is 11.5 Å². The lowest BCUT2D eigenvalue weighted by Gasteiger charge is -2.10. The van der Waals surface area contributed by atoms with E-state index < -0.39 is 5.97 Å². The number of methoxy groups -OCH3 is 1. The van der Waals surface area contributed by atoms with Crippen molar-refractivity contribution in [3.8, 4) is 0 Å². The van der Waals surface area contributed by atoms with Crippen molar-refractivity contribution in [2.45, 2.75) is 6.92 Å². The molecule has 0 saturated carbocycles. The second kappa shape index (κ2) is 6.53. The summed E-state index contributed by atoms with van der Waals surface area (Å²) in [7, 11) is 3.14. The van der Waals surface area contributed by atoms with Gasteiger partial charge in [-0.15, -0.1) is 0 Å². The summed E-state index contributed by atoms with van der Waals surface area (Å²) in [4.78, 5) is 20.3. The zero-order chi connectivity index (χ0) is 15.4. The van der Waals surface area contributed by atoms with Gasteiger partial charge in [-0.2, -0.15) is 4.98 Å². The van der Waals surface area contributed by atoms with Crippen molar-refractivity contribution in [3.05, 3.63) is 40.0 Å². The Morgan fingerprint density at radius 3 is 2.71 bits per heavy atom. The van der Waals surface area contributed by atoms with Crippen molar-refractivity contribution in [1.82, 2.24) is 9.97 Å². The topological polar surface area (TPSA) is 76.1 Å². The van der Waals surface area contributed by atoms with Crippen LogP contribution < -0.4 is 10.6 Å². The molecule has 0 amide bonds. The Morgan fingerprint density at radius 2 is 2.05 bits per heavy atom. The number of nitrogens with one attached hydrogen (secondary N) is 2. The highest BCUT2D eigenvalue weighted by atomic mass is 79.9. The lowest BCUT2D eigenvalue weighted by molar-refractivity contribution is 0.0599. The van der Waals surface area contributed by atoms with Crippen molar-refractivity contribution >= 4 is 39.4 Å². The molecule has 21 heavy (non-hydrogen) atoms. The number of carbonyl (C=O) groups excluding carboxylic acids is 1. The molecule has 0 unspecified atom stereocenters. The van der Waals surface area contributed by atoms with E-state index in [1.807, 2.05) is 19.1 Å². The molecule has 0 aliphatic carbocycles. The fraction of sp³-hybridized carbons (Fsp3) is 0.214. The van der Waals surface area contributed by atoms with Gasteiger partial charge in [0.2, 0.25) is 5.95 Å². The van der Waals surface area contributed by atoms with Gasteiger partial charge in [-0.3, -0.25) is 0 Å². The van der Waals surface area contributed by atoms with Crippen molar-refractivity contribution < 1.29 is 9.53 Å². The number of hydrogen-bond donors (Lipinski definition) is 2. The van der Waals surface area contributed by atoms with Gasteiger partial charge in [0.25, 0.3) is 0 Å². The minimum Gasteiger partial charge on any atom is -0.465 e. The van der Waals surface area contributed by atoms with Crippen LogP contribution in [0.2, 0.25) is 0 Å². The maximum atomic E-state index is 11.7. The van der Waals surface area contributed by atoms with Gasteiger partial charge >= 0.3 is 5.97 Å². The number of hydrogen-bond acceptors (Lipinski definition) is 6. The van der Waals surface area contributed by atoms with Gasteiger partial charge in [0, 0.05) is 29.0 Å². The van der Waals surface area contributed by atoms with Crippen LogP contribution in [0.15, 0.2) is 28.7 Å². The molecule has 7 heteroatoms. The average Bonchev–Trinajstić information content (AvgIpc) is 2.47. The molecule has 0 bridgehead atoms. The van der Waals surface area contributed by atoms with Crippen LogP contribution in [0.1, 0.15) is 16.1 Å². The normalized spacial score (nSPS) is 10.1. The molecule has 2 rings (SSSR count). The van der Waals surface area contributed by atoms with Gasteiger partial charge in [-0.25, -0.2) is 9.78 Å². The number of benzene rings is 1. The van der Waals surface area contributed by atoms with Crippen LogP contribution in [0.25, 0.3) is 0 Å². The van der Waals surface area contributed by atoms with Gasteiger partial charge in [-0.05, 0) is 41.1 Å². The third-order valence-electron chi connectivity index (χ3n) is 2.74. The van der Waals surface area contributed by atoms with Gasteiger partial charge in [0.1, 0.15) is 5.82 Å². The summed E-state index contributed by atoms with van der Waals surface area (Å²) in [5.41, 5.74) is 1.97. The molecule has 2 aromatic rings. The summed E-state index contributed by atoms with van der Waals surface area (Å²) in [6.45, 7) is 1.88. The third kappa shape index (κ3) is 3.69. The molecule has 0 fully saturated rings. The minimum absolute atomic E-state index is 0.411. The molecule has 1 heterocycles. The van der Waals surface area contributed by atoms with Crippen LogP contribution in [-0.2, 0) is 4.74 Å². The molecule has 0 saturated heterocycles. The van der Waals surface area contributed by atoms with Crippen LogP contribution >= 0.6 is 15.9 Å². The maximum Gasteiger partial charge on any atom is 0.339 e. The molecule has 0 atom stereocenters. The fourth-order valence-electron chi connectivity index (χ4n) is 1.75. The van der Waals surface area contributed by atoms with Crippen LogP contribution in [0.3, 0.4) is 0 Å². The second-order valence-electron chi connectivity index (χ2n) is 4.28. The quantitative estimate of drug-likeness (QED) is 0.825. The van der Waals surface area contributed by atoms with E-state index in [1.165, 1.54) is 7.11 Å². The van der Waals surface area contributed by atoms with Crippen molar-refractivity contribution in [3.63, 3.8) is 0 Å². The first-order valence-electron chi connectivity index (χ1n) is 6.22. The Bertz CT molecular complexity index is 676. The lowest BCUT2D eigenvalue weighted by atomic mass is 10.2. The highest BCUT2D eigenvalue weighted by Crippen LogP contribution is 2.24. The molecule has 0 aliphatic rings. The maximum absolute atomic E-state index is 11.7. The predicted octanol–water partition coefficient (Wildman–Crippen LogP) is 3.12. The first-order chi connectivity index (χ1) is 10.0. The number of anilines is 3.